The van der Waals surface area contributed by atoms with Crippen LogP contribution in [0.25, 0.3) is 0 Å². The van der Waals surface area contributed by atoms with Gasteiger partial charge in [-0.25, -0.2) is 8.42 Å². The molecule has 1 saturated heterocycles. The molecule has 0 atom stereocenters. The van der Waals surface area contributed by atoms with Gasteiger partial charge in [0.2, 0.25) is 0 Å². The molecule has 2 aromatic carbocycles. The predicted octanol–water partition coefficient (Wildman–Crippen LogP) is 3.38. The average molecular weight is 513 g/mol. The lowest BCUT2D eigenvalue weighted by Crippen LogP contribution is -2.41. The zero-order chi connectivity index (χ0) is 25.9. The first kappa shape index (κ1) is 25.8. The number of ether oxygens (including phenoxy) is 1. The van der Waals surface area contributed by atoms with Gasteiger partial charge in [0.1, 0.15) is 11.9 Å². The van der Waals surface area contributed by atoms with Gasteiger partial charge in [-0.15, -0.1) is 0 Å². The van der Waals surface area contributed by atoms with Gasteiger partial charge >= 0.3 is 0 Å². The van der Waals surface area contributed by atoms with E-state index in [0.29, 0.717) is 36.9 Å². The molecule has 10 heteroatoms. The molecule has 2 heterocycles. The van der Waals surface area contributed by atoms with Crippen LogP contribution < -0.4 is 14.8 Å². The van der Waals surface area contributed by atoms with Crippen molar-refractivity contribution in [3.05, 3.63) is 53.6 Å². The van der Waals surface area contributed by atoms with E-state index < -0.39 is 10.0 Å². The maximum atomic E-state index is 13.5. The maximum Gasteiger partial charge on any atom is 0.264 e. The summed E-state index contributed by atoms with van der Waals surface area (Å²) < 4.78 is 34.6. The second-order valence-electron chi connectivity index (χ2n) is 9.26. The van der Waals surface area contributed by atoms with Gasteiger partial charge in [0.05, 0.1) is 16.4 Å². The van der Waals surface area contributed by atoms with Gasteiger partial charge in [-0.05, 0) is 60.9 Å². The van der Waals surface area contributed by atoms with Crippen molar-refractivity contribution in [3.63, 3.8) is 0 Å². The summed E-state index contributed by atoms with van der Waals surface area (Å²) in [4.78, 5) is 4.09. The Labute approximate surface area is 213 Å². The number of amidine groups is 1. The monoisotopic (exact) mass is 512 g/mol. The second-order valence-corrected chi connectivity index (χ2v) is 11.1. The number of hydrogen-bond donors (Lipinski definition) is 3. The van der Waals surface area contributed by atoms with Crippen LogP contribution in [0, 0.1) is 10.8 Å². The fourth-order valence-corrected chi connectivity index (χ4v) is 6.34. The number of rotatable bonds is 7. The van der Waals surface area contributed by atoms with Crippen molar-refractivity contribution in [1.82, 2.24) is 9.80 Å². The van der Waals surface area contributed by atoms with Crippen molar-refractivity contribution in [2.24, 2.45) is 5.73 Å². The molecule has 4 N–H and O–H groups in total. The summed E-state index contributed by atoms with van der Waals surface area (Å²) in [6, 6.07) is 12.4. The molecule has 0 amide bonds. The number of likely N-dealkylation sites (tertiary alicyclic amines) is 1. The molecule has 9 nitrogen and oxygen atoms in total. The third kappa shape index (κ3) is 5.43. The SMILES string of the molecule is CCC(=N)N1CCC(Oc2ccc(S(=O)(=O)N(CC)c3ccc4c(c3)CN(C(=N)N)CC4)cc2)CC1. The number of guanidine groups is 1. The normalized spacial score (nSPS) is 16.4. The number of anilines is 1. The van der Waals surface area contributed by atoms with E-state index in [-0.39, 0.29) is 17.0 Å². The van der Waals surface area contributed by atoms with Crippen LogP contribution in [0.3, 0.4) is 0 Å². The minimum absolute atomic E-state index is 0.0271. The van der Waals surface area contributed by atoms with E-state index in [1.807, 2.05) is 32.0 Å². The zero-order valence-electron chi connectivity index (χ0n) is 21.0. The number of nitrogens with two attached hydrogens (primary N) is 1. The van der Waals surface area contributed by atoms with E-state index in [1.165, 1.54) is 4.31 Å². The summed E-state index contributed by atoms with van der Waals surface area (Å²) >= 11 is 0. The summed E-state index contributed by atoms with van der Waals surface area (Å²) in [6.07, 6.45) is 3.25. The van der Waals surface area contributed by atoms with Gasteiger partial charge < -0.3 is 20.3 Å². The van der Waals surface area contributed by atoms with E-state index in [4.69, 9.17) is 21.3 Å². The van der Waals surface area contributed by atoms with Crippen LogP contribution >= 0.6 is 0 Å². The first-order valence-electron chi connectivity index (χ1n) is 12.6. The Kier molecular flexibility index (Phi) is 7.73. The highest BCUT2D eigenvalue weighted by molar-refractivity contribution is 7.92. The number of piperidine rings is 1. The molecular formula is C26H36N6O3S. The molecule has 0 radical (unpaired) electrons. The molecule has 0 unspecified atom stereocenters. The zero-order valence-corrected chi connectivity index (χ0v) is 21.9. The highest BCUT2D eigenvalue weighted by Gasteiger charge is 2.26. The molecule has 0 spiro atoms. The van der Waals surface area contributed by atoms with Crippen LogP contribution in [0.15, 0.2) is 47.4 Å². The summed E-state index contributed by atoms with van der Waals surface area (Å²) in [5.41, 5.74) is 8.42. The number of nitrogens with one attached hydrogen (secondary N) is 2. The van der Waals surface area contributed by atoms with Crippen molar-refractivity contribution in [3.8, 4) is 5.75 Å². The molecule has 0 saturated carbocycles. The first-order valence-corrected chi connectivity index (χ1v) is 14.0. The number of sulfonamides is 1. The van der Waals surface area contributed by atoms with E-state index >= 15 is 0 Å². The standard InChI is InChI=1S/C26H36N6O3S/c1-3-25(27)30-15-12-23(13-16-30)35-22-7-9-24(10-8-22)36(33,34)32(4-2)21-6-5-19-11-14-31(26(28)29)18-20(19)17-21/h5-10,17,23,27H,3-4,11-16,18H2,1-2H3,(H3,28,29). The summed E-state index contributed by atoms with van der Waals surface area (Å²) in [7, 11) is -3.76. The Bertz CT molecular complexity index is 1210. The van der Waals surface area contributed by atoms with Gasteiger partial charge in [-0.1, -0.05) is 13.0 Å². The number of hydrogen-bond acceptors (Lipinski definition) is 5. The molecule has 1 fully saturated rings. The smallest absolute Gasteiger partial charge is 0.264 e. The van der Waals surface area contributed by atoms with Gasteiger partial charge in [-0.2, -0.15) is 0 Å². The largest absolute Gasteiger partial charge is 0.490 e. The minimum atomic E-state index is -3.76. The first-order chi connectivity index (χ1) is 17.2. The van der Waals surface area contributed by atoms with E-state index in [1.54, 1.807) is 29.2 Å². The van der Waals surface area contributed by atoms with Crippen LogP contribution in [-0.2, 0) is 23.0 Å². The van der Waals surface area contributed by atoms with Crippen molar-refractivity contribution in [2.45, 2.75) is 57.1 Å². The Balaban J connectivity index is 1.46. The highest BCUT2D eigenvalue weighted by Crippen LogP contribution is 2.29. The summed E-state index contributed by atoms with van der Waals surface area (Å²) in [5, 5.41) is 15.7. The Hall–Kier alpha value is -3.27. The molecule has 0 bridgehead atoms. The van der Waals surface area contributed by atoms with Crippen LogP contribution in [0.1, 0.15) is 44.2 Å². The molecule has 4 rings (SSSR count). The Morgan fingerprint density at radius 3 is 2.33 bits per heavy atom. The van der Waals surface area contributed by atoms with Crippen molar-refractivity contribution in [2.75, 3.05) is 30.5 Å². The summed E-state index contributed by atoms with van der Waals surface area (Å²) in [6.45, 7) is 6.91. The molecule has 2 aromatic rings. The third-order valence-electron chi connectivity index (χ3n) is 6.99. The van der Waals surface area contributed by atoms with E-state index in [0.717, 1.165) is 49.9 Å². The van der Waals surface area contributed by atoms with Gasteiger partial charge in [0.15, 0.2) is 5.96 Å². The fourth-order valence-electron chi connectivity index (χ4n) is 4.87. The van der Waals surface area contributed by atoms with Crippen molar-refractivity contribution < 1.29 is 13.2 Å². The molecule has 2 aliphatic rings. The van der Waals surface area contributed by atoms with Gasteiger partial charge in [0.25, 0.3) is 10.0 Å². The lowest BCUT2D eigenvalue weighted by molar-refractivity contribution is 0.130. The number of benzene rings is 2. The van der Waals surface area contributed by atoms with Gasteiger partial charge in [0, 0.05) is 52.0 Å². The Morgan fingerprint density at radius 2 is 1.72 bits per heavy atom. The Morgan fingerprint density at radius 1 is 1.03 bits per heavy atom. The predicted molar refractivity (Wildman–Crippen MR) is 142 cm³/mol. The summed E-state index contributed by atoms with van der Waals surface area (Å²) in [5.74, 6) is 1.34. The van der Waals surface area contributed by atoms with Crippen LogP contribution in [-0.4, -0.2) is 62.3 Å². The van der Waals surface area contributed by atoms with E-state index in [2.05, 4.69) is 4.90 Å². The molecule has 36 heavy (non-hydrogen) atoms. The lowest BCUT2D eigenvalue weighted by atomic mass is 9.99. The minimum Gasteiger partial charge on any atom is -0.490 e. The highest BCUT2D eigenvalue weighted by atomic mass is 32.2. The lowest BCUT2D eigenvalue weighted by Gasteiger charge is -2.33. The molecule has 194 valence electrons. The second kappa shape index (κ2) is 10.8. The van der Waals surface area contributed by atoms with Crippen LogP contribution in [0.4, 0.5) is 5.69 Å². The van der Waals surface area contributed by atoms with Gasteiger partial charge in [-0.3, -0.25) is 15.1 Å². The molecular weight excluding hydrogens is 476 g/mol. The van der Waals surface area contributed by atoms with Crippen LogP contribution in [0.5, 0.6) is 5.75 Å². The maximum absolute atomic E-state index is 13.5. The number of nitrogens with zero attached hydrogens (tertiary/aromatic N) is 3. The molecule has 2 aliphatic heterocycles. The molecule has 0 aromatic heterocycles. The fraction of sp³-hybridized carbons (Fsp3) is 0.462. The van der Waals surface area contributed by atoms with Crippen molar-refractivity contribution in [1.29, 1.82) is 10.8 Å². The van der Waals surface area contributed by atoms with E-state index in [9.17, 15) is 8.42 Å². The third-order valence-corrected chi connectivity index (χ3v) is 8.91. The number of fused-ring (bicyclic) bond motifs is 1. The van der Waals surface area contributed by atoms with Crippen molar-refractivity contribution >= 4 is 27.5 Å². The molecule has 0 aliphatic carbocycles. The quantitative estimate of drug-likeness (QED) is 0.386. The van der Waals surface area contributed by atoms with Crippen LogP contribution in [0.2, 0.25) is 0 Å². The topological polar surface area (TPSA) is 127 Å². The average Bonchev–Trinajstić information content (AvgIpc) is 2.88.